The Hall–Kier alpha value is -1.02. The van der Waals surface area contributed by atoms with Crippen LogP contribution in [0.4, 0.5) is 0 Å². The average Bonchev–Trinajstić information content (AvgIpc) is 2.65. The summed E-state index contributed by atoms with van der Waals surface area (Å²) < 4.78 is 0. The highest BCUT2D eigenvalue weighted by atomic mass is 14.8. The van der Waals surface area contributed by atoms with Gasteiger partial charge in [-0.05, 0) is 18.8 Å². The Morgan fingerprint density at radius 2 is 1.92 bits per heavy atom. The second kappa shape index (κ2) is 2.02. The fourth-order valence-corrected chi connectivity index (χ4v) is 2.96. The van der Waals surface area contributed by atoms with E-state index < -0.39 is 5.41 Å². The summed E-state index contributed by atoms with van der Waals surface area (Å²) in [6.07, 6.45) is 4.54. The SMILES string of the molecule is CC12CCCCC1C2(C#N)C#N. The second-order valence-electron chi connectivity index (χ2n) is 4.25. The Morgan fingerprint density at radius 1 is 1.25 bits per heavy atom. The molecule has 2 heteroatoms. The Kier molecular flexibility index (Phi) is 1.28. The Balaban J connectivity index is 2.35. The molecule has 62 valence electrons. The fourth-order valence-electron chi connectivity index (χ4n) is 2.96. The van der Waals surface area contributed by atoms with Crippen LogP contribution < -0.4 is 0 Å². The van der Waals surface area contributed by atoms with Gasteiger partial charge < -0.3 is 0 Å². The molecule has 2 unspecified atom stereocenters. The summed E-state index contributed by atoms with van der Waals surface area (Å²) in [5, 5.41) is 18.0. The highest BCUT2D eigenvalue weighted by molar-refractivity contribution is 5.38. The van der Waals surface area contributed by atoms with Crippen LogP contribution in [0.3, 0.4) is 0 Å². The van der Waals surface area contributed by atoms with E-state index in [4.69, 9.17) is 10.5 Å². The third kappa shape index (κ3) is 0.559. The van der Waals surface area contributed by atoms with Crippen molar-refractivity contribution in [1.82, 2.24) is 0 Å². The smallest absolute Gasteiger partial charge is 0.152 e. The average molecular weight is 160 g/mol. The fraction of sp³-hybridized carbons (Fsp3) is 0.800. The summed E-state index contributed by atoms with van der Waals surface area (Å²) in [5.41, 5.74) is -0.585. The van der Waals surface area contributed by atoms with Crippen LogP contribution in [-0.2, 0) is 0 Å². The van der Waals surface area contributed by atoms with Gasteiger partial charge in [0.2, 0.25) is 0 Å². The molecule has 2 aliphatic carbocycles. The molecule has 2 nitrogen and oxygen atoms in total. The van der Waals surface area contributed by atoms with Gasteiger partial charge in [0, 0.05) is 5.41 Å². The number of nitrogens with zero attached hydrogens (tertiary/aromatic N) is 2. The Morgan fingerprint density at radius 3 is 2.33 bits per heavy atom. The number of fused-ring (bicyclic) bond motifs is 1. The summed E-state index contributed by atoms with van der Waals surface area (Å²) in [7, 11) is 0. The number of hydrogen-bond donors (Lipinski definition) is 0. The number of nitriles is 2. The van der Waals surface area contributed by atoms with Gasteiger partial charge in [-0.2, -0.15) is 10.5 Å². The molecule has 2 aliphatic rings. The number of hydrogen-bond acceptors (Lipinski definition) is 2. The van der Waals surface area contributed by atoms with Gasteiger partial charge in [0.25, 0.3) is 0 Å². The normalized spacial score (nSPS) is 42.1. The molecule has 0 bridgehead atoms. The lowest BCUT2D eigenvalue weighted by atomic mass is 9.88. The van der Waals surface area contributed by atoms with Crippen molar-refractivity contribution in [3.8, 4) is 12.1 Å². The second-order valence-corrected chi connectivity index (χ2v) is 4.25. The minimum Gasteiger partial charge on any atom is -0.197 e. The van der Waals surface area contributed by atoms with Gasteiger partial charge in [-0.1, -0.05) is 19.8 Å². The van der Waals surface area contributed by atoms with Crippen molar-refractivity contribution in [3.05, 3.63) is 0 Å². The van der Waals surface area contributed by atoms with Gasteiger partial charge in [0.15, 0.2) is 5.41 Å². The van der Waals surface area contributed by atoms with Crippen LogP contribution in [0, 0.1) is 39.4 Å². The summed E-state index contributed by atoms with van der Waals surface area (Å²) in [6, 6.07) is 4.45. The molecule has 0 aromatic heterocycles. The monoisotopic (exact) mass is 160 g/mol. The molecule has 2 rings (SSSR count). The molecular formula is C10H12N2. The Bertz CT molecular complexity index is 280. The summed E-state index contributed by atoms with van der Waals surface area (Å²) in [4.78, 5) is 0. The van der Waals surface area contributed by atoms with E-state index in [-0.39, 0.29) is 5.41 Å². The van der Waals surface area contributed by atoms with Crippen LogP contribution in [0.15, 0.2) is 0 Å². The molecule has 0 N–H and O–H groups in total. The van der Waals surface area contributed by atoms with Crippen molar-refractivity contribution in [1.29, 1.82) is 10.5 Å². The van der Waals surface area contributed by atoms with E-state index in [9.17, 15) is 0 Å². The zero-order valence-corrected chi connectivity index (χ0v) is 7.30. The van der Waals surface area contributed by atoms with Crippen molar-refractivity contribution in [2.45, 2.75) is 32.6 Å². The predicted molar refractivity (Wildman–Crippen MR) is 43.7 cm³/mol. The van der Waals surface area contributed by atoms with Crippen molar-refractivity contribution in [3.63, 3.8) is 0 Å². The third-order valence-electron chi connectivity index (χ3n) is 3.90. The standard InChI is InChI=1S/C10H12N2/c1-9-5-3-2-4-8(9)10(9,6-11)7-12/h8H,2-5H2,1H3. The minimum atomic E-state index is -0.622. The molecule has 0 aliphatic heterocycles. The van der Waals surface area contributed by atoms with E-state index in [1.165, 1.54) is 12.8 Å². The maximum atomic E-state index is 8.98. The number of rotatable bonds is 0. The van der Waals surface area contributed by atoms with Crippen LogP contribution in [0.5, 0.6) is 0 Å². The molecule has 0 spiro atoms. The van der Waals surface area contributed by atoms with Gasteiger partial charge in [0.05, 0.1) is 12.1 Å². The van der Waals surface area contributed by atoms with Gasteiger partial charge in [-0.15, -0.1) is 0 Å². The van der Waals surface area contributed by atoms with E-state index in [1.54, 1.807) is 0 Å². The molecular weight excluding hydrogens is 148 g/mol. The third-order valence-corrected chi connectivity index (χ3v) is 3.90. The summed E-state index contributed by atoms with van der Waals surface area (Å²) >= 11 is 0. The van der Waals surface area contributed by atoms with E-state index in [0.717, 1.165) is 12.8 Å². The molecule has 0 saturated heterocycles. The molecule has 12 heavy (non-hydrogen) atoms. The molecule has 0 aromatic carbocycles. The molecule has 0 aromatic rings. The summed E-state index contributed by atoms with van der Waals surface area (Å²) in [6.45, 7) is 2.10. The lowest BCUT2D eigenvalue weighted by molar-refractivity contribution is 0.358. The zero-order chi connectivity index (χ0) is 8.82. The van der Waals surface area contributed by atoms with Gasteiger partial charge in [-0.25, -0.2) is 0 Å². The van der Waals surface area contributed by atoms with Crippen LogP contribution in [0.1, 0.15) is 32.6 Å². The maximum absolute atomic E-state index is 8.98. The van der Waals surface area contributed by atoms with Gasteiger partial charge in [0.1, 0.15) is 0 Å². The first-order valence-corrected chi connectivity index (χ1v) is 4.54. The molecule has 0 heterocycles. The van der Waals surface area contributed by atoms with Crippen LogP contribution in [0.2, 0.25) is 0 Å². The molecule has 0 radical (unpaired) electrons. The van der Waals surface area contributed by atoms with Crippen LogP contribution in [-0.4, -0.2) is 0 Å². The van der Waals surface area contributed by atoms with Crippen molar-refractivity contribution >= 4 is 0 Å². The first-order valence-electron chi connectivity index (χ1n) is 4.54. The summed E-state index contributed by atoms with van der Waals surface area (Å²) in [5.74, 6) is 0.369. The van der Waals surface area contributed by atoms with Crippen molar-refractivity contribution in [2.24, 2.45) is 16.7 Å². The lowest BCUT2D eigenvalue weighted by Gasteiger charge is -2.15. The highest BCUT2D eigenvalue weighted by Crippen LogP contribution is 2.74. The largest absolute Gasteiger partial charge is 0.197 e. The van der Waals surface area contributed by atoms with Crippen LogP contribution >= 0.6 is 0 Å². The molecule has 2 fully saturated rings. The first-order chi connectivity index (χ1) is 5.71. The van der Waals surface area contributed by atoms with Crippen molar-refractivity contribution < 1.29 is 0 Å². The topological polar surface area (TPSA) is 47.6 Å². The van der Waals surface area contributed by atoms with Crippen molar-refractivity contribution in [2.75, 3.05) is 0 Å². The van der Waals surface area contributed by atoms with Crippen LogP contribution in [0.25, 0.3) is 0 Å². The van der Waals surface area contributed by atoms with E-state index in [1.807, 2.05) is 0 Å². The van der Waals surface area contributed by atoms with E-state index in [0.29, 0.717) is 5.92 Å². The van der Waals surface area contributed by atoms with Gasteiger partial charge >= 0.3 is 0 Å². The van der Waals surface area contributed by atoms with E-state index in [2.05, 4.69) is 19.1 Å². The highest BCUT2D eigenvalue weighted by Gasteiger charge is 2.75. The quantitative estimate of drug-likeness (QED) is 0.545. The predicted octanol–water partition coefficient (Wildman–Crippen LogP) is 2.23. The lowest BCUT2D eigenvalue weighted by Crippen LogP contribution is -2.07. The molecule has 0 amide bonds. The maximum Gasteiger partial charge on any atom is 0.152 e. The minimum absolute atomic E-state index is 0.0365. The van der Waals surface area contributed by atoms with E-state index >= 15 is 0 Å². The zero-order valence-electron chi connectivity index (χ0n) is 7.30. The molecule has 2 atom stereocenters. The van der Waals surface area contributed by atoms with Gasteiger partial charge in [-0.3, -0.25) is 0 Å². The first kappa shape index (κ1) is 7.62. The molecule has 2 saturated carbocycles. The Labute approximate surface area is 72.8 Å².